The molecule has 0 saturated carbocycles. The molecular formula is C31H38FN3O4S. The van der Waals surface area contributed by atoms with Crippen molar-refractivity contribution in [2.45, 2.75) is 64.4 Å². The molecule has 0 bridgehead atoms. The van der Waals surface area contributed by atoms with Crippen LogP contribution >= 0.6 is 0 Å². The van der Waals surface area contributed by atoms with Crippen molar-refractivity contribution >= 4 is 27.5 Å². The molecule has 1 N–H and O–H groups in total. The molecule has 40 heavy (non-hydrogen) atoms. The van der Waals surface area contributed by atoms with Crippen LogP contribution in [0.15, 0.2) is 77.7 Å². The number of sulfonamides is 1. The van der Waals surface area contributed by atoms with E-state index in [0.29, 0.717) is 29.8 Å². The SMILES string of the molecule is CCCCNC(=O)[C@H](CC)N(Cc1ccc(F)cc1)C(=O)CN(c1cc(C)ccc1C)S(=O)(=O)c1ccccc1. The highest BCUT2D eigenvalue weighted by molar-refractivity contribution is 7.92. The van der Waals surface area contributed by atoms with E-state index in [2.05, 4.69) is 5.32 Å². The van der Waals surface area contributed by atoms with E-state index in [-0.39, 0.29) is 17.3 Å². The molecule has 1 atom stereocenters. The van der Waals surface area contributed by atoms with Gasteiger partial charge in [-0.05, 0) is 73.7 Å². The van der Waals surface area contributed by atoms with Gasteiger partial charge >= 0.3 is 0 Å². The minimum absolute atomic E-state index is 0.0187. The minimum atomic E-state index is -4.13. The molecule has 7 nitrogen and oxygen atoms in total. The number of unbranched alkanes of at least 4 members (excludes halogenated alkanes) is 1. The van der Waals surface area contributed by atoms with Crippen LogP contribution < -0.4 is 9.62 Å². The van der Waals surface area contributed by atoms with E-state index in [0.717, 1.165) is 22.7 Å². The average Bonchev–Trinajstić information content (AvgIpc) is 2.94. The molecule has 0 saturated heterocycles. The summed E-state index contributed by atoms with van der Waals surface area (Å²) in [5.41, 5.74) is 2.54. The number of hydrogen-bond donors (Lipinski definition) is 1. The van der Waals surface area contributed by atoms with Crippen LogP contribution in [-0.2, 0) is 26.2 Å². The van der Waals surface area contributed by atoms with Crippen molar-refractivity contribution < 1.29 is 22.4 Å². The minimum Gasteiger partial charge on any atom is -0.354 e. The van der Waals surface area contributed by atoms with E-state index >= 15 is 0 Å². The number of anilines is 1. The zero-order valence-electron chi connectivity index (χ0n) is 23.6. The van der Waals surface area contributed by atoms with Crippen LogP contribution in [0.5, 0.6) is 0 Å². The molecule has 0 radical (unpaired) electrons. The van der Waals surface area contributed by atoms with Gasteiger partial charge in [0.25, 0.3) is 10.0 Å². The number of nitrogens with one attached hydrogen (secondary N) is 1. The highest BCUT2D eigenvalue weighted by atomic mass is 32.2. The van der Waals surface area contributed by atoms with Gasteiger partial charge in [-0.2, -0.15) is 0 Å². The number of carbonyl (C=O) groups excluding carboxylic acids is 2. The lowest BCUT2D eigenvalue weighted by Crippen LogP contribution is -2.52. The first-order valence-electron chi connectivity index (χ1n) is 13.5. The summed E-state index contributed by atoms with van der Waals surface area (Å²) in [6.07, 6.45) is 2.01. The maximum atomic E-state index is 14.1. The molecule has 9 heteroatoms. The van der Waals surface area contributed by atoms with Gasteiger partial charge in [-0.15, -0.1) is 0 Å². The van der Waals surface area contributed by atoms with Gasteiger partial charge in [-0.3, -0.25) is 13.9 Å². The highest BCUT2D eigenvalue weighted by Gasteiger charge is 2.34. The van der Waals surface area contributed by atoms with Gasteiger partial charge in [0.1, 0.15) is 18.4 Å². The summed E-state index contributed by atoms with van der Waals surface area (Å²) in [4.78, 5) is 28.7. The van der Waals surface area contributed by atoms with Crippen LogP contribution in [0.1, 0.15) is 49.8 Å². The van der Waals surface area contributed by atoms with Gasteiger partial charge in [0, 0.05) is 13.1 Å². The first kappa shape index (κ1) is 30.8. The summed E-state index contributed by atoms with van der Waals surface area (Å²) in [6, 6.07) is 18.3. The summed E-state index contributed by atoms with van der Waals surface area (Å²) in [5.74, 6) is -1.26. The van der Waals surface area contributed by atoms with E-state index in [1.165, 1.54) is 29.2 Å². The van der Waals surface area contributed by atoms with Crippen molar-refractivity contribution in [2.75, 3.05) is 17.4 Å². The molecule has 0 spiro atoms. The molecule has 0 heterocycles. The molecule has 0 aliphatic carbocycles. The molecule has 0 aromatic heterocycles. The van der Waals surface area contributed by atoms with Crippen LogP contribution in [-0.4, -0.2) is 44.3 Å². The molecule has 0 aliphatic rings. The third kappa shape index (κ3) is 7.69. The molecule has 3 rings (SSSR count). The monoisotopic (exact) mass is 567 g/mol. The predicted molar refractivity (Wildman–Crippen MR) is 156 cm³/mol. The van der Waals surface area contributed by atoms with Gasteiger partial charge in [0.05, 0.1) is 10.6 Å². The maximum Gasteiger partial charge on any atom is 0.264 e. The van der Waals surface area contributed by atoms with E-state index in [9.17, 15) is 22.4 Å². The Labute approximate surface area is 237 Å². The lowest BCUT2D eigenvalue weighted by atomic mass is 10.1. The third-order valence-electron chi connectivity index (χ3n) is 6.73. The summed E-state index contributed by atoms with van der Waals surface area (Å²) in [7, 11) is -4.13. The Morgan fingerprint density at radius 3 is 2.25 bits per heavy atom. The summed E-state index contributed by atoms with van der Waals surface area (Å²) in [6.45, 7) is 7.44. The van der Waals surface area contributed by atoms with Crippen molar-refractivity contribution in [3.63, 3.8) is 0 Å². The van der Waals surface area contributed by atoms with E-state index < -0.39 is 34.3 Å². The van der Waals surface area contributed by atoms with Crippen molar-refractivity contribution in [3.05, 3.63) is 95.3 Å². The molecule has 2 amide bonds. The molecule has 3 aromatic carbocycles. The highest BCUT2D eigenvalue weighted by Crippen LogP contribution is 2.28. The van der Waals surface area contributed by atoms with Crippen LogP contribution in [0.3, 0.4) is 0 Å². The lowest BCUT2D eigenvalue weighted by molar-refractivity contribution is -0.140. The zero-order valence-corrected chi connectivity index (χ0v) is 24.4. The Balaban J connectivity index is 2.06. The summed E-state index contributed by atoms with van der Waals surface area (Å²) < 4.78 is 42.6. The topological polar surface area (TPSA) is 86.8 Å². The molecule has 0 fully saturated rings. The first-order chi connectivity index (χ1) is 19.1. The van der Waals surface area contributed by atoms with E-state index in [1.807, 2.05) is 26.0 Å². The van der Waals surface area contributed by atoms with Gasteiger partial charge in [-0.1, -0.05) is 62.7 Å². The zero-order chi connectivity index (χ0) is 29.3. The average molecular weight is 568 g/mol. The van der Waals surface area contributed by atoms with Gasteiger partial charge in [-0.25, -0.2) is 12.8 Å². The number of amides is 2. The second-order valence-corrected chi connectivity index (χ2v) is 11.7. The predicted octanol–water partition coefficient (Wildman–Crippen LogP) is 5.36. The number of benzene rings is 3. The normalized spacial score (nSPS) is 12.0. The summed E-state index contributed by atoms with van der Waals surface area (Å²) >= 11 is 0. The van der Waals surface area contributed by atoms with Gasteiger partial charge in [0.2, 0.25) is 11.8 Å². The smallest absolute Gasteiger partial charge is 0.264 e. The molecule has 3 aromatic rings. The van der Waals surface area contributed by atoms with Crippen molar-refractivity contribution in [1.29, 1.82) is 0 Å². The second-order valence-electron chi connectivity index (χ2n) is 9.83. The number of rotatable bonds is 13. The molecule has 214 valence electrons. The van der Waals surface area contributed by atoms with E-state index in [4.69, 9.17) is 0 Å². The lowest BCUT2D eigenvalue weighted by Gasteiger charge is -2.33. The number of hydrogen-bond acceptors (Lipinski definition) is 4. The standard InChI is InChI=1S/C31H38FN3O4S/c1-5-7-19-33-31(37)28(6-2)34(21-25-15-17-26(32)18-16-25)30(36)22-35(29-20-23(3)13-14-24(29)4)40(38,39)27-11-9-8-10-12-27/h8-18,20,28H,5-7,19,21-22H2,1-4H3,(H,33,37)/t28-/m0/s1. The van der Waals surface area contributed by atoms with Gasteiger partial charge < -0.3 is 10.2 Å². The molecule has 0 aliphatic heterocycles. The summed E-state index contributed by atoms with van der Waals surface area (Å²) in [5, 5.41) is 2.90. The Morgan fingerprint density at radius 2 is 1.62 bits per heavy atom. The van der Waals surface area contributed by atoms with Crippen LogP contribution in [0.4, 0.5) is 10.1 Å². The van der Waals surface area contributed by atoms with Crippen LogP contribution in [0.2, 0.25) is 0 Å². The number of halogens is 1. The Morgan fingerprint density at radius 1 is 0.950 bits per heavy atom. The Hall–Kier alpha value is -3.72. The fourth-order valence-corrected chi connectivity index (χ4v) is 5.92. The molecule has 0 unspecified atom stereocenters. The molecular weight excluding hydrogens is 529 g/mol. The maximum absolute atomic E-state index is 14.1. The van der Waals surface area contributed by atoms with Gasteiger partial charge in [0.15, 0.2) is 0 Å². The van der Waals surface area contributed by atoms with Crippen molar-refractivity contribution in [3.8, 4) is 0 Å². The number of aryl methyl sites for hydroxylation is 2. The fraction of sp³-hybridized carbons (Fsp3) is 0.355. The largest absolute Gasteiger partial charge is 0.354 e. The second kappa shape index (κ2) is 14.1. The van der Waals surface area contributed by atoms with Crippen molar-refractivity contribution in [2.24, 2.45) is 0 Å². The Bertz CT molecular complexity index is 1400. The number of carbonyl (C=O) groups is 2. The third-order valence-corrected chi connectivity index (χ3v) is 8.50. The first-order valence-corrected chi connectivity index (χ1v) is 15.0. The quantitative estimate of drug-likeness (QED) is 0.282. The van der Waals surface area contributed by atoms with Crippen molar-refractivity contribution in [1.82, 2.24) is 10.2 Å². The van der Waals surface area contributed by atoms with Crippen LogP contribution in [0.25, 0.3) is 0 Å². The fourth-order valence-electron chi connectivity index (χ4n) is 4.43. The van der Waals surface area contributed by atoms with Crippen LogP contribution in [0, 0.1) is 19.7 Å². The Kier molecular flexibility index (Phi) is 10.8. The van der Waals surface area contributed by atoms with E-state index in [1.54, 1.807) is 50.2 Å². The number of nitrogens with zero attached hydrogens (tertiary/aromatic N) is 2.